The van der Waals surface area contributed by atoms with Crippen LogP contribution in [0.25, 0.3) is 0 Å². The summed E-state index contributed by atoms with van der Waals surface area (Å²) in [5.74, 6) is 1.46. The Bertz CT molecular complexity index is 263. The average molecular weight is 252 g/mol. The van der Waals surface area contributed by atoms with E-state index < -0.39 is 0 Å². The van der Waals surface area contributed by atoms with Gasteiger partial charge in [-0.15, -0.1) is 0 Å². The maximum absolute atomic E-state index is 11.3. The van der Waals surface area contributed by atoms with Crippen molar-refractivity contribution in [2.45, 2.75) is 44.6 Å². The zero-order valence-electron chi connectivity index (χ0n) is 12.0. The lowest BCUT2D eigenvalue weighted by Gasteiger charge is -2.29. The molecule has 1 saturated carbocycles. The molecule has 0 bridgehead atoms. The molecule has 2 fully saturated rings. The molecular formula is C15H28N2O. The highest BCUT2D eigenvalue weighted by molar-refractivity contribution is 5.58. The lowest BCUT2D eigenvalue weighted by molar-refractivity contribution is -0.113. The number of carbonyl (C=O) groups excluding carboxylic acids is 1. The third-order valence-corrected chi connectivity index (χ3v) is 4.91. The van der Waals surface area contributed by atoms with Gasteiger partial charge in [-0.05, 0) is 64.7 Å². The first-order valence-electron chi connectivity index (χ1n) is 7.54. The van der Waals surface area contributed by atoms with E-state index in [1.54, 1.807) is 0 Å². The number of hydrogen-bond donors (Lipinski definition) is 0. The molecule has 0 N–H and O–H groups in total. The Kier molecular flexibility index (Phi) is 5.19. The van der Waals surface area contributed by atoms with Crippen molar-refractivity contribution in [2.75, 3.05) is 33.7 Å². The Hall–Kier alpha value is -0.410. The van der Waals surface area contributed by atoms with E-state index in [1.165, 1.54) is 57.9 Å². The number of hydrogen-bond acceptors (Lipinski definition) is 3. The molecule has 2 unspecified atom stereocenters. The number of carbonyl (C=O) groups is 1. The van der Waals surface area contributed by atoms with E-state index in [0.717, 1.165) is 12.5 Å². The fraction of sp³-hybridized carbons (Fsp3) is 0.933. The molecule has 1 saturated heterocycles. The van der Waals surface area contributed by atoms with Crippen molar-refractivity contribution in [3.8, 4) is 0 Å². The van der Waals surface area contributed by atoms with Crippen LogP contribution in [-0.2, 0) is 4.79 Å². The van der Waals surface area contributed by atoms with Gasteiger partial charge in [-0.2, -0.15) is 0 Å². The Balaban J connectivity index is 1.75. The lowest BCUT2D eigenvalue weighted by atomic mass is 9.97. The Morgan fingerprint density at radius 2 is 2.06 bits per heavy atom. The third kappa shape index (κ3) is 3.55. The van der Waals surface area contributed by atoms with Gasteiger partial charge in [0.2, 0.25) is 0 Å². The second kappa shape index (κ2) is 6.67. The normalized spacial score (nSPS) is 28.1. The number of likely N-dealkylation sites (tertiary alicyclic amines) is 1. The number of likely N-dealkylation sites (N-methyl/N-ethyl adjacent to an activating group) is 1. The molecular weight excluding hydrogens is 224 g/mol. The molecule has 0 aromatic rings. The summed E-state index contributed by atoms with van der Waals surface area (Å²) in [6.07, 6.45) is 8.90. The van der Waals surface area contributed by atoms with Gasteiger partial charge >= 0.3 is 0 Å². The highest BCUT2D eigenvalue weighted by Gasteiger charge is 2.28. The van der Waals surface area contributed by atoms with E-state index in [0.29, 0.717) is 5.92 Å². The van der Waals surface area contributed by atoms with Crippen LogP contribution < -0.4 is 0 Å². The Morgan fingerprint density at radius 3 is 2.61 bits per heavy atom. The molecule has 3 nitrogen and oxygen atoms in total. The van der Waals surface area contributed by atoms with Gasteiger partial charge in [0.05, 0.1) is 6.04 Å². The molecule has 0 aromatic carbocycles. The van der Waals surface area contributed by atoms with Gasteiger partial charge in [0, 0.05) is 6.54 Å². The summed E-state index contributed by atoms with van der Waals surface area (Å²) < 4.78 is 0. The summed E-state index contributed by atoms with van der Waals surface area (Å²) in [5.41, 5.74) is 0. The van der Waals surface area contributed by atoms with E-state index in [-0.39, 0.29) is 6.04 Å². The Morgan fingerprint density at radius 1 is 1.33 bits per heavy atom. The minimum Gasteiger partial charge on any atom is -0.306 e. The van der Waals surface area contributed by atoms with Crippen molar-refractivity contribution in [3.63, 3.8) is 0 Å². The summed E-state index contributed by atoms with van der Waals surface area (Å²) in [7, 11) is 4.34. The zero-order valence-corrected chi connectivity index (χ0v) is 12.0. The van der Waals surface area contributed by atoms with Crippen LogP contribution in [0.4, 0.5) is 0 Å². The summed E-state index contributed by atoms with van der Waals surface area (Å²) in [5, 5.41) is 0. The summed E-state index contributed by atoms with van der Waals surface area (Å²) >= 11 is 0. The molecule has 1 aliphatic heterocycles. The Labute approximate surface area is 112 Å². The smallest absolute Gasteiger partial charge is 0.137 e. The van der Waals surface area contributed by atoms with Crippen LogP contribution in [0.5, 0.6) is 0 Å². The van der Waals surface area contributed by atoms with E-state index in [2.05, 4.69) is 23.9 Å². The van der Waals surface area contributed by atoms with Gasteiger partial charge in [0.25, 0.3) is 0 Å². The van der Waals surface area contributed by atoms with Crippen LogP contribution in [0, 0.1) is 11.8 Å². The minimum absolute atomic E-state index is 0.173. The molecule has 0 spiro atoms. The summed E-state index contributed by atoms with van der Waals surface area (Å²) in [6, 6.07) is 0.173. The van der Waals surface area contributed by atoms with Crippen LogP contribution >= 0.6 is 0 Å². The highest BCUT2D eigenvalue weighted by Crippen LogP contribution is 2.29. The van der Waals surface area contributed by atoms with Crippen molar-refractivity contribution >= 4 is 6.29 Å². The van der Waals surface area contributed by atoms with Crippen molar-refractivity contribution in [1.29, 1.82) is 0 Å². The number of nitrogens with zero attached hydrogens (tertiary/aromatic N) is 2. The lowest BCUT2D eigenvalue weighted by Crippen LogP contribution is -2.39. The van der Waals surface area contributed by atoms with Gasteiger partial charge in [0.1, 0.15) is 6.29 Å². The van der Waals surface area contributed by atoms with Crippen LogP contribution in [0.15, 0.2) is 0 Å². The maximum Gasteiger partial charge on any atom is 0.137 e. The molecule has 0 radical (unpaired) electrons. The largest absolute Gasteiger partial charge is 0.306 e. The van der Waals surface area contributed by atoms with E-state index in [9.17, 15) is 4.79 Å². The predicted octanol–water partition coefficient (Wildman–Crippen LogP) is 2.02. The maximum atomic E-state index is 11.3. The van der Waals surface area contributed by atoms with Crippen molar-refractivity contribution in [1.82, 2.24) is 9.80 Å². The number of rotatable bonds is 6. The fourth-order valence-corrected chi connectivity index (χ4v) is 3.67. The molecule has 2 rings (SSSR count). The molecule has 2 aliphatic rings. The van der Waals surface area contributed by atoms with E-state index in [4.69, 9.17) is 0 Å². The second-order valence-corrected chi connectivity index (χ2v) is 6.36. The first-order chi connectivity index (χ1) is 8.70. The molecule has 104 valence electrons. The van der Waals surface area contributed by atoms with Gasteiger partial charge < -0.3 is 9.69 Å². The van der Waals surface area contributed by atoms with Crippen LogP contribution in [0.1, 0.15) is 38.5 Å². The molecule has 1 heterocycles. The van der Waals surface area contributed by atoms with Crippen molar-refractivity contribution < 1.29 is 4.79 Å². The van der Waals surface area contributed by atoms with Crippen LogP contribution in [-0.4, -0.2) is 55.9 Å². The quantitative estimate of drug-likeness (QED) is 0.676. The topological polar surface area (TPSA) is 23.6 Å². The highest BCUT2D eigenvalue weighted by atomic mass is 16.1. The van der Waals surface area contributed by atoms with E-state index in [1.807, 2.05) is 0 Å². The summed E-state index contributed by atoms with van der Waals surface area (Å²) in [4.78, 5) is 16.1. The SMILES string of the molecule is CN1CCC(CCN(C)C(C=O)C2CCCC2)C1. The molecule has 3 heteroatoms. The monoisotopic (exact) mass is 252 g/mol. The molecule has 2 atom stereocenters. The average Bonchev–Trinajstić information content (AvgIpc) is 2.99. The van der Waals surface area contributed by atoms with Gasteiger partial charge in [-0.1, -0.05) is 12.8 Å². The van der Waals surface area contributed by atoms with Gasteiger partial charge in [-0.25, -0.2) is 0 Å². The summed E-state index contributed by atoms with van der Waals surface area (Å²) in [6.45, 7) is 3.57. The van der Waals surface area contributed by atoms with Crippen molar-refractivity contribution in [2.24, 2.45) is 11.8 Å². The molecule has 0 aromatic heterocycles. The standard InChI is InChI=1S/C15H28N2O/c1-16-9-7-13(11-16)8-10-17(2)15(12-18)14-5-3-4-6-14/h12-15H,3-11H2,1-2H3. The molecule has 0 amide bonds. The third-order valence-electron chi connectivity index (χ3n) is 4.91. The zero-order chi connectivity index (χ0) is 13.0. The van der Waals surface area contributed by atoms with Crippen molar-refractivity contribution in [3.05, 3.63) is 0 Å². The van der Waals surface area contributed by atoms with Gasteiger partial charge in [-0.3, -0.25) is 4.90 Å². The number of aldehydes is 1. The van der Waals surface area contributed by atoms with E-state index >= 15 is 0 Å². The van der Waals surface area contributed by atoms with Crippen LogP contribution in [0.2, 0.25) is 0 Å². The first kappa shape index (κ1) is 14.0. The molecule has 18 heavy (non-hydrogen) atoms. The first-order valence-corrected chi connectivity index (χ1v) is 7.54. The predicted molar refractivity (Wildman–Crippen MR) is 74.7 cm³/mol. The van der Waals surface area contributed by atoms with Gasteiger partial charge in [0.15, 0.2) is 0 Å². The fourth-order valence-electron chi connectivity index (χ4n) is 3.67. The van der Waals surface area contributed by atoms with Crippen LogP contribution in [0.3, 0.4) is 0 Å². The second-order valence-electron chi connectivity index (χ2n) is 6.36. The minimum atomic E-state index is 0.173. The molecule has 1 aliphatic carbocycles.